The van der Waals surface area contributed by atoms with Crippen LogP contribution in [0.15, 0.2) is 12.2 Å². The fourth-order valence-electron chi connectivity index (χ4n) is 1.22. The third kappa shape index (κ3) is 4.59. The third-order valence-electron chi connectivity index (χ3n) is 1.98. The molecule has 0 spiro atoms. The fraction of sp³-hybridized carbons (Fsp3) is 0.700. The third-order valence-corrected chi connectivity index (χ3v) is 5.16. The quantitative estimate of drug-likeness (QED) is 0.536. The van der Waals surface area contributed by atoms with Crippen molar-refractivity contribution in [3.8, 4) is 0 Å². The lowest BCUT2D eigenvalue weighted by atomic mass is 10.3. The largest absolute Gasteiger partial charge is 0.459 e. The van der Waals surface area contributed by atoms with E-state index >= 15 is 0 Å². The van der Waals surface area contributed by atoms with Gasteiger partial charge >= 0.3 is 8.72 Å². The SMILES string of the molecule is C=C(C)C(=O)N[Si](CCC)(OC)OCC. The Morgan fingerprint density at radius 1 is 1.47 bits per heavy atom. The zero-order valence-electron chi connectivity index (χ0n) is 10.1. The highest BCUT2D eigenvalue weighted by atomic mass is 28.4. The molecule has 0 aliphatic heterocycles. The molecule has 1 N–H and O–H groups in total. The van der Waals surface area contributed by atoms with Crippen molar-refractivity contribution in [1.82, 2.24) is 4.98 Å². The van der Waals surface area contributed by atoms with Gasteiger partial charge < -0.3 is 13.8 Å². The van der Waals surface area contributed by atoms with E-state index < -0.39 is 8.72 Å². The van der Waals surface area contributed by atoms with Crippen molar-refractivity contribution in [2.45, 2.75) is 33.2 Å². The van der Waals surface area contributed by atoms with Crippen molar-refractivity contribution < 1.29 is 13.6 Å². The standard InChI is InChI=1S/C10H21NO3Si/c1-6-8-15(13-5,14-7-2)11-10(12)9(3)4/h3,6-8H2,1-2,4-5H3,(H,11,12). The van der Waals surface area contributed by atoms with Gasteiger partial charge in [-0.2, -0.15) is 0 Å². The second-order valence-corrected chi connectivity index (χ2v) is 6.33. The minimum atomic E-state index is -2.56. The lowest BCUT2D eigenvalue weighted by Crippen LogP contribution is -2.58. The average molecular weight is 231 g/mol. The van der Waals surface area contributed by atoms with Crippen LogP contribution in [0.4, 0.5) is 0 Å². The lowest BCUT2D eigenvalue weighted by molar-refractivity contribution is -0.116. The summed E-state index contributed by atoms with van der Waals surface area (Å²) >= 11 is 0. The molecule has 0 aromatic heterocycles. The highest BCUT2D eigenvalue weighted by Gasteiger charge is 2.38. The number of nitrogens with one attached hydrogen (secondary N) is 1. The van der Waals surface area contributed by atoms with Crippen molar-refractivity contribution in [2.75, 3.05) is 13.7 Å². The van der Waals surface area contributed by atoms with Crippen LogP contribution in [-0.2, 0) is 13.6 Å². The molecule has 0 saturated carbocycles. The Morgan fingerprint density at radius 2 is 2.07 bits per heavy atom. The number of carbonyl (C=O) groups is 1. The van der Waals surface area contributed by atoms with E-state index in [-0.39, 0.29) is 5.91 Å². The first-order valence-electron chi connectivity index (χ1n) is 5.18. The first kappa shape index (κ1) is 14.3. The summed E-state index contributed by atoms with van der Waals surface area (Å²) < 4.78 is 11.0. The van der Waals surface area contributed by atoms with Gasteiger partial charge in [0.2, 0.25) is 5.91 Å². The molecule has 0 radical (unpaired) electrons. The summed E-state index contributed by atoms with van der Waals surface area (Å²) in [5, 5.41) is 0. The molecule has 88 valence electrons. The second-order valence-electron chi connectivity index (χ2n) is 3.37. The maximum absolute atomic E-state index is 11.5. The summed E-state index contributed by atoms with van der Waals surface area (Å²) in [5.41, 5.74) is 0.472. The summed E-state index contributed by atoms with van der Waals surface area (Å²) in [5.74, 6) is -0.189. The lowest BCUT2D eigenvalue weighted by Gasteiger charge is -2.28. The fourth-order valence-corrected chi connectivity index (χ4v) is 3.67. The summed E-state index contributed by atoms with van der Waals surface area (Å²) in [6, 6.07) is 0.746. The summed E-state index contributed by atoms with van der Waals surface area (Å²) in [4.78, 5) is 14.4. The topological polar surface area (TPSA) is 47.6 Å². The van der Waals surface area contributed by atoms with Gasteiger partial charge in [0.1, 0.15) is 0 Å². The number of carbonyl (C=O) groups excluding carboxylic acids is 1. The molecule has 0 aliphatic carbocycles. The van der Waals surface area contributed by atoms with E-state index in [1.165, 1.54) is 0 Å². The van der Waals surface area contributed by atoms with Crippen molar-refractivity contribution in [2.24, 2.45) is 0 Å². The molecule has 0 rings (SSSR count). The van der Waals surface area contributed by atoms with Crippen LogP contribution in [0.5, 0.6) is 0 Å². The molecule has 1 amide bonds. The average Bonchev–Trinajstić information content (AvgIpc) is 2.18. The maximum atomic E-state index is 11.5. The summed E-state index contributed by atoms with van der Waals surface area (Å²) in [6.45, 7) is 9.73. The molecule has 1 unspecified atom stereocenters. The Morgan fingerprint density at radius 3 is 2.40 bits per heavy atom. The van der Waals surface area contributed by atoms with Crippen LogP contribution in [-0.4, -0.2) is 28.3 Å². The molecule has 0 heterocycles. The van der Waals surface area contributed by atoms with Crippen LogP contribution in [0, 0.1) is 0 Å². The Balaban J connectivity index is 4.59. The predicted molar refractivity (Wildman–Crippen MR) is 62.4 cm³/mol. The molecule has 4 nitrogen and oxygen atoms in total. The van der Waals surface area contributed by atoms with E-state index in [0.717, 1.165) is 12.5 Å². The molecule has 1 atom stereocenters. The van der Waals surface area contributed by atoms with Gasteiger partial charge in [-0.1, -0.05) is 19.9 Å². The number of hydrogen-bond acceptors (Lipinski definition) is 3. The monoisotopic (exact) mass is 231 g/mol. The van der Waals surface area contributed by atoms with Crippen molar-refractivity contribution in [1.29, 1.82) is 0 Å². The second kappa shape index (κ2) is 6.76. The summed E-state index contributed by atoms with van der Waals surface area (Å²) in [7, 11) is -0.976. The molecule has 5 heteroatoms. The normalized spacial score (nSPS) is 14.4. The van der Waals surface area contributed by atoms with Gasteiger partial charge in [0.05, 0.1) is 0 Å². The number of hydrogen-bond donors (Lipinski definition) is 1. The van der Waals surface area contributed by atoms with E-state index in [1.54, 1.807) is 14.0 Å². The van der Waals surface area contributed by atoms with Gasteiger partial charge in [0.15, 0.2) is 0 Å². The predicted octanol–water partition coefficient (Wildman–Crippen LogP) is 1.71. The van der Waals surface area contributed by atoms with E-state index in [0.29, 0.717) is 12.2 Å². The van der Waals surface area contributed by atoms with Gasteiger partial charge in [-0.3, -0.25) is 4.79 Å². The highest BCUT2D eigenvalue weighted by molar-refractivity contribution is 6.67. The van der Waals surface area contributed by atoms with E-state index in [9.17, 15) is 4.79 Å². The maximum Gasteiger partial charge on any atom is 0.459 e. The van der Waals surface area contributed by atoms with E-state index in [1.807, 2.05) is 13.8 Å². The van der Waals surface area contributed by atoms with Gasteiger partial charge in [0, 0.05) is 25.3 Å². The molecule has 15 heavy (non-hydrogen) atoms. The van der Waals surface area contributed by atoms with Crippen molar-refractivity contribution in [3.05, 3.63) is 12.2 Å². The van der Waals surface area contributed by atoms with Crippen LogP contribution in [0.3, 0.4) is 0 Å². The number of rotatable bonds is 7. The van der Waals surface area contributed by atoms with Crippen molar-refractivity contribution >= 4 is 14.6 Å². The first-order chi connectivity index (χ1) is 7.01. The van der Waals surface area contributed by atoms with Gasteiger partial charge in [-0.25, -0.2) is 0 Å². The zero-order valence-corrected chi connectivity index (χ0v) is 11.1. The zero-order chi connectivity index (χ0) is 11.9. The minimum Gasteiger partial charge on any atom is -0.382 e. The molecular weight excluding hydrogens is 210 g/mol. The molecule has 0 saturated heterocycles. The molecular formula is C10H21NO3Si. The Bertz CT molecular complexity index is 225. The van der Waals surface area contributed by atoms with Crippen LogP contribution in [0.1, 0.15) is 27.2 Å². The molecule has 0 bridgehead atoms. The van der Waals surface area contributed by atoms with Crippen LogP contribution in [0.2, 0.25) is 6.04 Å². The highest BCUT2D eigenvalue weighted by Crippen LogP contribution is 2.12. The van der Waals surface area contributed by atoms with Crippen LogP contribution < -0.4 is 4.98 Å². The summed E-state index contributed by atoms with van der Waals surface area (Å²) in [6.07, 6.45) is 0.913. The Kier molecular flexibility index (Phi) is 6.47. The van der Waals surface area contributed by atoms with Crippen molar-refractivity contribution in [3.63, 3.8) is 0 Å². The first-order valence-corrected chi connectivity index (χ1v) is 7.20. The molecule has 0 aromatic carbocycles. The van der Waals surface area contributed by atoms with Gasteiger partial charge in [-0.05, 0) is 13.8 Å². The minimum absolute atomic E-state index is 0.189. The smallest absolute Gasteiger partial charge is 0.382 e. The van der Waals surface area contributed by atoms with Gasteiger partial charge in [0.25, 0.3) is 0 Å². The Labute approximate surface area is 93.0 Å². The number of amides is 1. The van der Waals surface area contributed by atoms with Gasteiger partial charge in [-0.15, -0.1) is 0 Å². The molecule has 0 fully saturated rings. The molecule has 0 aliphatic rings. The molecule has 0 aromatic rings. The van der Waals surface area contributed by atoms with Crippen LogP contribution in [0.25, 0.3) is 0 Å². The van der Waals surface area contributed by atoms with Crippen LogP contribution >= 0.6 is 0 Å². The van der Waals surface area contributed by atoms with E-state index in [2.05, 4.69) is 11.6 Å². The Hall–Kier alpha value is -0.653. The van der Waals surface area contributed by atoms with E-state index in [4.69, 9.17) is 8.85 Å².